The van der Waals surface area contributed by atoms with Crippen molar-refractivity contribution in [2.45, 2.75) is 19.1 Å². The molecule has 1 N–H and O–H groups in total. The average molecular weight is 302 g/mol. The van der Waals surface area contributed by atoms with Crippen LogP contribution in [0.4, 0.5) is 27.6 Å². The fourth-order valence-corrected chi connectivity index (χ4v) is 1.81. The van der Waals surface area contributed by atoms with Gasteiger partial charge in [-0.3, -0.25) is 0 Å². The van der Waals surface area contributed by atoms with Crippen molar-refractivity contribution in [3.8, 4) is 0 Å². The summed E-state index contributed by atoms with van der Waals surface area (Å²) in [4.78, 5) is 3.30. The Labute approximate surface area is 117 Å². The fourth-order valence-electron chi connectivity index (χ4n) is 1.81. The lowest BCUT2D eigenvalue weighted by Gasteiger charge is -2.16. The van der Waals surface area contributed by atoms with Crippen molar-refractivity contribution < 1.29 is 22.0 Å². The van der Waals surface area contributed by atoms with E-state index in [9.17, 15) is 22.0 Å². The van der Waals surface area contributed by atoms with E-state index >= 15 is 0 Å². The van der Waals surface area contributed by atoms with Crippen molar-refractivity contribution in [2.75, 3.05) is 5.32 Å². The van der Waals surface area contributed by atoms with Crippen molar-refractivity contribution in [1.29, 1.82) is 0 Å². The molecule has 2 rings (SSSR count). The van der Waals surface area contributed by atoms with Crippen LogP contribution in [0.5, 0.6) is 0 Å². The summed E-state index contributed by atoms with van der Waals surface area (Å²) in [5, 5.41) is 2.83. The van der Waals surface area contributed by atoms with Crippen LogP contribution in [0.3, 0.4) is 0 Å². The lowest BCUT2D eigenvalue weighted by Crippen LogP contribution is -2.10. The standard InChI is InChI=1S/C14H11F5N2/c1-8(9-4-10(15)6-11(16)5-9)21-12-2-3-13(20-7-12)14(17,18)19/h2-8,21H,1H3. The minimum Gasteiger partial charge on any atom is -0.377 e. The predicted molar refractivity (Wildman–Crippen MR) is 67.6 cm³/mol. The van der Waals surface area contributed by atoms with Gasteiger partial charge in [-0.05, 0) is 36.8 Å². The Kier molecular flexibility index (Phi) is 4.11. The van der Waals surface area contributed by atoms with Crippen molar-refractivity contribution in [2.24, 2.45) is 0 Å². The number of anilines is 1. The van der Waals surface area contributed by atoms with Gasteiger partial charge in [0.25, 0.3) is 0 Å². The first-order chi connectivity index (χ1) is 9.75. The van der Waals surface area contributed by atoms with Crippen LogP contribution in [0.1, 0.15) is 24.2 Å². The second kappa shape index (κ2) is 5.67. The number of aromatic nitrogens is 1. The summed E-state index contributed by atoms with van der Waals surface area (Å²) in [5.74, 6) is -1.44. The average Bonchev–Trinajstić information content (AvgIpc) is 2.37. The molecule has 7 heteroatoms. The molecule has 0 radical (unpaired) electrons. The van der Waals surface area contributed by atoms with Gasteiger partial charge in [0.1, 0.15) is 17.3 Å². The number of benzene rings is 1. The Morgan fingerprint density at radius 3 is 2.14 bits per heavy atom. The Bertz CT molecular complexity index is 602. The van der Waals surface area contributed by atoms with Gasteiger partial charge < -0.3 is 5.32 Å². The number of nitrogens with one attached hydrogen (secondary N) is 1. The first-order valence-corrected chi connectivity index (χ1v) is 6.01. The van der Waals surface area contributed by atoms with Gasteiger partial charge in [-0.2, -0.15) is 13.2 Å². The van der Waals surface area contributed by atoms with Gasteiger partial charge in [0, 0.05) is 12.1 Å². The van der Waals surface area contributed by atoms with Gasteiger partial charge in [0.15, 0.2) is 0 Å². The van der Waals surface area contributed by atoms with Gasteiger partial charge in [-0.1, -0.05) is 0 Å². The topological polar surface area (TPSA) is 24.9 Å². The molecule has 0 aliphatic carbocycles. The van der Waals surface area contributed by atoms with Gasteiger partial charge in [-0.25, -0.2) is 13.8 Å². The first-order valence-electron chi connectivity index (χ1n) is 6.01. The van der Waals surface area contributed by atoms with E-state index in [-0.39, 0.29) is 0 Å². The molecule has 1 heterocycles. The number of rotatable bonds is 3. The smallest absolute Gasteiger partial charge is 0.377 e. The number of halogens is 5. The summed E-state index contributed by atoms with van der Waals surface area (Å²) >= 11 is 0. The quantitative estimate of drug-likeness (QED) is 0.841. The molecule has 21 heavy (non-hydrogen) atoms. The molecule has 2 nitrogen and oxygen atoms in total. The van der Waals surface area contributed by atoms with Crippen molar-refractivity contribution in [3.63, 3.8) is 0 Å². The molecule has 112 valence electrons. The largest absolute Gasteiger partial charge is 0.433 e. The summed E-state index contributed by atoms with van der Waals surface area (Å²) in [6.45, 7) is 1.63. The number of hydrogen-bond acceptors (Lipinski definition) is 2. The number of pyridine rings is 1. The zero-order valence-corrected chi connectivity index (χ0v) is 10.9. The number of hydrogen-bond donors (Lipinski definition) is 1. The third-order valence-electron chi connectivity index (χ3n) is 2.82. The highest BCUT2D eigenvalue weighted by Gasteiger charge is 2.32. The lowest BCUT2D eigenvalue weighted by atomic mass is 10.1. The molecule has 0 aliphatic heterocycles. The molecule has 1 aromatic carbocycles. The summed E-state index contributed by atoms with van der Waals surface area (Å²) in [6.07, 6.45) is -3.48. The van der Waals surface area contributed by atoms with E-state index in [0.717, 1.165) is 30.5 Å². The third-order valence-corrected chi connectivity index (χ3v) is 2.82. The van der Waals surface area contributed by atoms with Crippen LogP contribution in [0.2, 0.25) is 0 Å². The number of alkyl halides is 3. The highest BCUT2D eigenvalue weighted by atomic mass is 19.4. The third kappa shape index (κ3) is 3.90. The normalized spacial score (nSPS) is 13.0. The van der Waals surface area contributed by atoms with Crippen LogP contribution in [0.25, 0.3) is 0 Å². The van der Waals surface area contributed by atoms with Gasteiger partial charge in [0.05, 0.1) is 11.9 Å². The van der Waals surface area contributed by atoms with Crippen LogP contribution in [0.15, 0.2) is 36.5 Å². The highest BCUT2D eigenvalue weighted by Crippen LogP contribution is 2.28. The molecular weight excluding hydrogens is 291 g/mol. The lowest BCUT2D eigenvalue weighted by molar-refractivity contribution is -0.141. The Balaban J connectivity index is 2.14. The molecule has 0 spiro atoms. The van der Waals surface area contributed by atoms with E-state index in [4.69, 9.17) is 0 Å². The van der Waals surface area contributed by atoms with Crippen LogP contribution < -0.4 is 5.32 Å². The second-order valence-electron chi connectivity index (χ2n) is 4.50. The maximum Gasteiger partial charge on any atom is 0.433 e. The SMILES string of the molecule is CC(Nc1ccc(C(F)(F)F)nc1)c1cc(F)cc(F)c1. The molecule has 0 saturated heterocycles. The van der Waals surface area contributed by atoms with Gasteiger partial charge in [-0.15, -0.1) is 0 Å². The number of nitrogens with zero attached hydrogens (tertiary/aromatic N) is 1. The van der Waals surface area contributed by atoms with E-state index < -0.39 is 29.5 Å². The molecule has 1 atom stereocenters. The molecule has 0 saturated carbocycles. The van der Waals surface area contributed by atoms with Crippen molar-refractivity contribution in [3.05, 3.63) is 59.4 Å². The van der Waals surface area contributed by atoms with E-state index in [1.54, 1.807) is 6.92 Å². The maximum atomic E-state index is 13.1. The summed E-state index contributed by atoms with van der Waals surface area (Å²) in [6, 6.07) is 4.60. The molecule has 2 aromatic rings. The summed E-state index contributed by atoms with van der Waals surface area (Å²) in [7, 11) is 0. The maximum absolute atomic E-state index is 13.1. The molecule has 0 amide bonds. The van der Waals surface area contributed by atoms with Crippen LogP contribution in [0, 0.1) is 11.6 Å². The zero-order valence-electron chi connectivity index (χ0n) is 10.9. The zero-order chi connectivity index (χ0) is 15.6. The second-order valence-corrected chi connectivity index (χ2v) is 4.50. The molecular formula is C14H11F5N2. The predicted octanol–water partition coefficient (Wildman–Crippen LogP) is 4.55. The van der Waals surface area contributed by atoms with E-state index in [0.29, 0.717) is 11.3 Å². The molecule has 0 bridgehead atoms. The van der Waals surface area contributed by atoms with Crippen LogP contribution in [-0.2, 0) is 6.18 Å². The van der Waals surface area contributed by atoms with Crippen molar-refractivity contribution in [1.82, 2.24) is 4.98 Å². The van der Waals surface area contributed by atoms with E-state index in [2.05, 4.69) is 10.3 Å². The molecule has 1 aromatic heterocycles. The van der Waals surface area contributed by atoms with Gasteiger partial charge >= 0.3 is 6.18 Å². The van der Waals surface area contributed by atoms with Crippen LogP contribution >= 0.6 is 0 Å². The van der Waals surface area contributed by atoms with Crippen molar-refractivity contribution >= 4 is 5.69 Å². The Morgan fingerprint density at radius 1 is 1.05 bits per heavy atom. The summed E-state index contributed by atoms with van der Waals surface area (Å²) < 4.78 is 63.3. The van der Waals surface area contributed by atoms with Gasteiger partial charge in [0.2, 0.25) is 0 Å². The highest BCUT2D eigenvalue weighted by molar-refractivity contribution is 5.44. The first kappa shape index (κ1) is 15.2. The Morgan fingerprint density at radius 2 is 1.67 bits per heavy atom. The fraction of sp³-hybridized carbons (Fsp3) is 0.214. The van der Waals surface area contributed by atoms with E-state index in [1.165, 1.54) is 6.07 Å². The summed E-state index contributed by atoms with van der Waals surface area (Å²) in [5.41, 5.74) is -0.343. The molecule has 0 fully saturated rings. The minimum absolute atomic E-state index is 0.320. The Hall–Kier alpha value is -2.18. The van der Waals surface area contributed by atoms with E-state index in [1.807, 2.05) is 0 Å². The molecule has 0 aliphatic rings. The molecule has 1 unspecified atom stereocenters. The minimum atomic E-state index is -4.50. The van der Waals surface area contributed by atoms with Crippen LogP contribution in [-0.4, -0.2) is 4.98 Å². The monoisotopic (exact) mass is 302 g/mol.